The minimum absolute atomic E-state index is 0.673. The molecule has 0 saturated carbocycles. The van der Waals surface area contributed by atoms with E-state index in [9.17, 15) is 0 Å². The molecular weight excluding hydrogens is 174 g/mol. The molecule has 78 valence electrons. The highest BCUT2D eigenvalue weighted by molar-refractivity contribution is 5.37. The van der Waals surface area contributed by atoms with Crippen LogP contribution in [0.1, 0.15) is 24.5 Å². The Morgan fingerprint density at radius 2 is 2.14 bits per heavy atom. The first-order chi connectivity index (χ1) is 6.77. The fourth-order valence-corrected chi connectivity index (χ4v) is 1.41. The van der Waals surface area contributed by atoms with E-state index in [1.807, 2.05) is 6.07 Å². The second kappa shape index (κ2) is 5.66. The standard InChI is InChI=1S/C12H19NO/c1-3-8-14-12-5-4-10(2)9-11(12)6-7-13/h4-5,9H,3,6-8,13H2,1-2H3. The molecule has 1 aromatic carbocycles. The van der Waals surface area contributed by atoms with E-state index in [1.54, 1.807) is 0 Å². The highest BCUT2D eigenvalue weighted by atomic mass is 16.5. The predicted molar refractivity (Wildman–Crippen MR) is 59.7 cm³/mol. The number of hydrogen-bond donors (Lipinski definition) is 1. The molecule has 1 rings (SSSR count). The number of ether oxygens (including phenoxy) is 1. The quantitative estimate of drug-likeness (QED) is 0.778. The van der Waals surface area contributed by atoms with Crippen molar-refractivity contribution in [2.45, 2.75) is 26.7 Å². The lowest BCUT2D eigenvalue weighted by molar-refractivity contribution is 0.314. The van der Waals surface area contributed by atoms with E-state index in [0.717, 1.165) is 25.2 Å². The van der Waals surface area contributed by atoms with Crippen molar-refractivity contribution in [2.24, 2.45) is 5.73 Å². The van der Waals surface area contributed by atoms with Crippen molar-refractivity contribution in [1.29, 1.82) is 0 Å². The van der Waals surface area contributed by atoms with Crippen molar-refractivity contribution in [3.05, 3.63) is 29.3 Å². The van der Waals surface area contributed by atoms with Crippen LogP contribution in [0.2, 0.25) is 0 Å². The lowest BCUT2D eigenvalue weighted by atomic mass is 10.1. The maximum atomic E-state index is 5.64. The summed E-state index contributed by atoms with van der Waals surface area (Å²) in [5, 5.41) is 0. The Morgan fingerprint density at radius 1 is 1.36 bits per heavy atom. The third-order valence-corrected chi connectivity index (χ3v) is 2.09. The van der Waals surface area contributed by atoms with Crippen molar-refractivity contribution in [3.8, 4) is 5.75 Å². The fourth-order valence-electron chi connectivity index (χ4n) is 1.41. The maximum absolute atomic E-state index is 5.64. The largest absolute Gasteiger partial charge is 0.493 e. The molecule has 0 radical (unpaired) electrons. The second-order valence-electron chi connectivity index (χ2n) is 3.50. The van der Waals surface area contributed by atoms with Gasteiger partial charge in [0.1, 0.15) is 5.75 Å². The van der Waals surface area contributed by atoms with Crippen molar-refractivity contribution < 1.29 is 4.74 Å². The van der Waals surface area contributed by atoms with E-state index < -0.39 is 0 Å². The first-order valence-electron chi connectivity index (χ1n) is 5.20. The molecule has 1 aromatic rings. The molecule has 0 aliphatic carbocycles. The normalized spacial score (nSPS) is 10.2. The molecule has 14 heavy (non-hydrogen) atoms. The van der Waals surface area contributed by atoms with E-state index in [0.29, 0.717) is 6.54 Å². The number of nitrogens with two attached hydrogens (primary N) is 1. The Labute approximate surface area is 86.1 Å². The van der Waals surface area contributed by atoms with Crippen molar-refractivity contribution in [1.82, 2.24) is 0 Å². The highest BCUT2D eigenvalue weighted by Gasteiger charge is 2.02. The van der Waals surface area contributed by atoms with Gasteiger partial charge in [-0.3, -0.25) is 0 Å². The van der Waals surface area contributed by atoms with E-state index in [4.69, 9.17) is 10.5 Å². The summed E-state index contributed by atoms with van der Waals surface area (Å²) in [5.74, 6) is 0.989. The molecular formula is C12H19NO. The van der Waals surface area contributed by atoms with Gasteiger partial charge in [-0.2, -0.15) is 0 Å². The van der Waals surface area contributed by atoms with Gasteiger partial charge in [0.25, 0.3) is 0 Å². The fraction of sp³-hybridized carbons (Fsp3) is 0.500. The van der Waals surface area contributed by atoms with Gasteiger partial charge in [0, 0.05) is 0 Å². The Morgan fingerprint density at radius 3 is 2.79 bits per heavy atom. The van der Waals surface area contributed by atoms with Gasteiger partial charge in [-0.25, -0.2) is 0 Å². The van der Waals surface area contributed by atoms with Gasteiger partial charge in [0.15, 0.2) is 0 Å². The molecule has 0 bridgehead atoms. The molecule has 0 aliphatic heterocycles. The van der Waals surface area contributed by atoms with Gasteiger partial charge < -0.3 is 10.5 Å². The Kier molecular flexibility index (Phi) is 4.47. The van der Waals surface area contributed by atoms with Crippen molar-refractivity contribution in [3.63, 3.8) is 0 Å². The lowest BCUT2D eigenvalue weighted by Gasteiger charge is -2.10. The first-order valence-corrected chi connectivity index (χ1v) is 5.20. The smallest absolute Gasteiger partial charge is 0.122 e. The van der Waals surface area contributed by atoms with Crippen LogP contribution < -0.4 is 10.5 Å². The highest BCUT2D eigenvalue weighted by Crippen LogP contribution is 2.20. The number of benzene rings is 1. The zero-order valence-corrected chi connectivity index (χ0v) is 9.05. The number of hydrogen-bond acceptors (Lipinski definition) is 2. The molecule has 0 amide bonds. The van der Waals surface area contributed by atoms with Crippen LogP contribution >= 0.6 is 0 Å². The van der Waals surface area contributed by atoms with Crippen molar-refractivity contribution in [2.75, 3.05) is 13.2 Å². The van der Waals surface area contributed by atoms with Crippen LogP contribution in [0.4, 0.5) is 0 Å². The van der Waals surface area contributed by atoms with Gasteiger partial charge in [-0.15, -0.1) is 0 Å². The summed E-state index contributed by atoms with van der Waals surface area (Å²) in [6, 6.07) is 6.26. The van der Waals surface area contributed by atoms with Gasteiger partial charge in [0.2, 0.25) is 0 Å². The Hall–Kier alpha value is -1.02. The Balaban J connectivity index is 2.78. The van der Waals surface area contributed by atoms with Crippen LogP contribution in [-0.4, -0.2) is 13.2 Å². The molecule has 0 fully saturated rings. The SMILES string of the molecule is CCCOc1ccc(C)cc1CCN. The summed E-state index contributed by atoms with van der Waals surface area (Å²) in [4.78, 5) is 0. The number of aryl methyl sites for hydroxylation is 1. The number of rotatable bonds is 5. The minimum Gasteiger partial charge on any atom is -0.493 e. The molecule has 0 unspecified atom stereocenters. The average Bonchev–Trinajstić information content (AvgIpc) is 2.17. The monoisotopic (exact) mass is 193 g/mol. The maximum Gasteiger partial charge on any atom is 0.122 e. The van der Waals surface area contributed by atoms with E-state index in [-0.39, 0.29) is 0 Å². The summed E-state index contributed by atoms with van der Waals surface area (Å²) < 4.78 is 5.64. The third kappa shape index (κ3) is 3.04. The minimum atomic E-state index is 0.673. The van der Waals surface area contributed by atoms with E-state index in [2.05, 4.69) is 26.0 Å². The lowest BCUT2D eigenvalue weighted by Crippen LogP contribution is -2.06. The average molecular weight is 193 g/mol. The van der Waals surface area contributed by atoms with Crippen LogP contribution in [0.3, 0.4) is 0 Å². The molecule has 2 heteroatoms. The molecule has 0 spiro atoms. The Bertz CT molecular complexity index is 284. The summed E-state index contributed by atoms with van der Waals surface area (Å²) >= 11 is 0. The van der Waals surface area contributed by atoms with Gasteiger partial charge in [-0.1, -0.05) is 24.6 Å². The molecule has 0 saturated heterocycles. The molecule has 2 nitrogen and oxygen atoms in total. The van der Waals surface area contributed by atoms with E-state index in [1.165, 1.54) is 11.1 Å². The van der Waals surface area contributed by atoms with E-state index >= 15 is 0 Å². The summed E-state index contributed by atoms with van der Waals surface area (Å²) in [7, 11) is 0. The molecule has 2 N–H and O–H groups in total. The zero-order valence-electron chi connectivity index (χ0n) is 9.05. The van der Waals surface area contributed by atoms with Crippen LogP contribution in [-0.2, 0) is 6.42 Å². The van der Waals surface area contributed by atoms with Crippen LogP contribution in [0.15, 0.2) is 18.2 Å². The van der Waals surface area contributed by atoms with Gasteiger partial charge in [0.05, 0.1) is 6.61 Å². The molecule has 0 aromatic heterocycles. The summed E-state index contributed by atoms with van der Waals surface area (Å²) in [6.45, 7) is 5.65. The summed E-state index contributed by atoms with van der Waals surface area (Å²) in [6.07, 6.45) is 1.93. The molecule has 0 aliphatic rings. The topological polar surface area (TPSA) is 35.2 Å². The van der Waals surface area contributed by atoms with Crippen LogP contribution in [0, 0.1) is 6.92 Å². The van der Waals surface area contributed by atoms with Gasteiger partial charge in [-0.05, 0) is 37.9 Å². The van der Waals surface area contributed by atoms with Gasteiger partial charge >= 0.3 is 0 Å². The zero-order chi connectivity index (χ0) is 10.4. The molecule has 0 atom stereocenters. The second-order valence-corrected chi connectivity index (χ2v) is 3.50. The van der Waals surface area contributed by atoms with Crippen LogP contribution in [0.5, 0.6) is 5.75 Å². The molecule has 0 heterocycles. The van der Waals surface area contributed by atoms with Crippen molar-refractivity contribution >= 4 is 0 Å². The first kappa shape index (κ1) is 11.1. The van der Waals surface area contributed by atoms with Crippen LogP contribution in [0.25, 0.3) is 0 Å². The predicted octanol–water partition coefficient (Wildman–Crippen LogP) is 2.29. The summed E-state index contributed by atoms with van der Waals surface area (Å²) in [5.41, 5.74) is 8.04. The third-order valence-electron chi connectivity index (χ3n) is 2.09.